The number of nitrogens with one attached hydrogen (secondary N) is 1. The topological polar surface area (TPSA) is 123 Å². The highest BCUT2D eigenvalue weighted by Gasteiger charge is 2.19. The van der Waals surface area contributed by atoms with Gasteiger partial charge in [-0.25, -0.2) is 14.6 Å². The van der Waals surface area contributed by atoms with E-state index >= 15 is 0 Å². The minimum atomic E-state index is -0.377. The molecule has 4 aromatic rings. The van der Waals surface area contributed by atoms with Crippen LogP contribution in [0.2, 0.25) is 0 Å². The zero-order chi connectivity index (χ0) is 22.5. The zero-order valence-corrected chi connectivity index (χ0v) is 17.4. The molecule has 32 heavy (non-hydrogen) atoms. The standard InChI is InChI=1S/C24H21N7O/c1-16(29-24-20(13-25)23(26)27-15-28-24)19-12-21(32)31(14-17-8-4-2-5-9-17)30-22(19)18-10-6-3-7-11-18/h2-12,15-16H,14H2,1H3,(H3,26,27,28,29). The monoisotopic (exact) mass is 423 g/mol. The number of aromatic nitrogens is 4. The Kier molecular flexibility index (Phi) is 5.90. The Hall–Kier alpha value is -4.51. The number of anilines is 2. The van der Waals surface area contributed by atoms with E-state index in [0.717, 1.165) is 11.1 Å². The summed E-state index contributed by atoms with van der Waals surface area (Å²) in [5.41, 5.74) is 8.95. The van der Waals surface area contributed by atoms with Crippen molar-refractivity contribution in [2.45, 2.75) is 19.5 Å². The minimum absolute atomic E-state index is 0.0943. The Bertz CT molecular complexity index is 1330. The van der Waals surface area contributed by atoms with E-state index in [2.05, 4.69) is 15.3 Å². The van der Waals surface area contributed by atoms with Crippen molar-refractivity contribution in [1.82, 2.24) is 19.7 Å². The Labute approximate surface area is 185 Å². The van der Waals surface area contributed by atoms with Gasteiger partial charge < -0.3 is 11.1 Å². The lowest BCUT2D eigenvalue weighted by atomic mass is 10.0. The first-order valence-corrected chi connectivity index (χ1v) is 10.1. The van der Waals surface area contributed by atoms with Crippen molar-refractivity contribution in [2.24, 2.45) is 0 Å². The van der Waals surface area contributed by atoms with Gasteiger partial charge in [-0.05, 0) is 12.5 Å². The van der Waals surface area contributed by atoms with Crippen molar-refractivity contribution in [2.75, 3.05) is 11.1 Å². The molecule has 0 saturated heterocycles. The Morgan fingerprint density at radius 3 is 2.47 bits per heavy atom. The fourth-order valence-electron chi connectivity index (χ4n) is 3.43. The smallest absolute Gasteiger partial charge is 0.267 e. The molecule has 0 spiro atoms. The molecule has 4 rings (SSSR count). The highest BCUT2D eigenvalue weighted by atomic mass is 16.1. The number of hydrogen-bond donors (Lipinski definition) is 2. The molecule has 8 heteroatoms. The molecular weight excluding hydrogens is 402 g/mol. The predicted octanol–water partition coefficient (Wildman–Crippen LogP) is 3.38. The van der Waals surface area contributed by atoms with Crippen molar-refractivity contribution in [1.29, 1.82) is 5.26 Å². The fraction of sp³-hybridized carbons (Fsp3) is 0.125. The van der Waals surface area contributed by atoms with E-state index in [1.807, 2.05) is 73.7 Å². The van der Waals surface area contributed by atoms with E-state index in [9.17, 15) is 10.1 Å². The normalized spacial score (nSPS) is 11.5. The van der Waals surface area contributed by atoms with Crippen LogP contribution in [0.15, 0.2) is 77.9 Å². The number of rotatable bonds is 6. The first-order valence-electron chi connectivity index (χ1n) is 10.1. The van der Waals surface area contributed by atoms with Gasteiger partial charge in [0.1, 0.15) is 29.6 Å². The second-order valence-corrected chi connectivity index (χ2v) is 7.26. The molecule has 1 atom stereocenters. The minimum Gasteiger partial charge on any atom is -0.382 e. The summed E-state index contributed by atoms with van der Waals surface area (Å²) >= 11 is 0. The summed E-state index contributed by atoms with van der Waals surface area (Å²) in [5, 5.41) is 17.3. The van der Waals surface area contributed by atoms with E-state index in [4.69, 9.17) is 10.8 Å². The Balaban J connectivity index is 1.77. The third kappa shape index (κ3) is 4.32. The lowest BCUT2D eigenvalue weighted by molar-refractivity contribution is 0.634. The molecule has 0 aliphatic rings. The van der Waals surface area contributed by atoms with Gasteiger partial charge in [0, 0.05) is 17.2 Å². The number of nitrogens with zero attached hydrogens (tertiary/aromatic N) is 5. The largest absolute Gasteiger partial charge is 0.382 e. The number of nitrogen functional groups attached to an aromatic ring is 1. The van der Waals surface area contributed by atoms with Crippen molar-refractivity contribution in [3.8, 4) is 17.3 Å². The van der Waals surface area contributed by atoms with Gasteiger partial charge in [0.15, 0.2) is 0 Å². The van der Waals surface area contributed by atoms with Gasteiger partial charge in [-0.3, -0.25) is 4.79 Å². The fourth-order valence-corrected chi connectivity index (χ4v) is 3.43. The first kappa shape index (κ1) is 20.8. The predicted molar refractivity (Wildman–Crippen MR) is 123 cm³/mol. The molecule has 0 saturated carbocycles. The molecule has 1 unspecified atom stereocenters. The van der Waals surface area contributed by atoms with Gasteiger partial charge in [-0.2, -0.15) is 10.4 Å². The molecule has 2 heterocycles. The molecule has 0 amide bonds. The average Bonchev–Trinajstić information content (AvgIpc) is 2.81. The number of nitriles is 1. The quantitative estimate of drug-likeness (QED) is 0.487. The highest BCUT2D eigenvalue weighted by Crippen LogP contribution is 2.28. The molecule has 2 aromatic heterocycles. The van der Waals surface area contributed by atoms with Crippen LogP contribution in [0.4, 0.5) is 11.6 Å². The molecule has 8 nitrogen and oxygen atoms in total. The summed E-state index contributed by atoms with van der Waals surface area (Å²) in [6.07, 6.45) is 1.29. The summed E-state index contributed by atoms with van der Waals surface area (Å²) in [7, 11) is 0. The van der Waals surface area contributed by atoms with E-state index in [1.165, 1.54) is 11.0 Å². The molecule has 0 aliphatic heterocycles. The van der Waals surface area contributed by atoms with Gasteiger partial charge in [0.25, 0.3) is 5.56 Å². The average molecular weight is 423 g/mol. The van der Waals surface area contributed by atoms with Crippen LogP contribution < -0.4 is 16.6 Å². The Morgan fingerprint density at radius 2 is 1.78 bits per heavy atom. The highest BCUT2D eigenvalue weighted by molar-refractivity contribution is 5.66. The molecule has 0 bridgehead atoms. The number of hydrogen-bond acceptors (Lipinski definition) is 7. The zero-order valence-electron chi connectivity index (χ0n) is 17.4. The van der Waals surface area contributed by atoms with Gasteiger partial charge in [0.05, 0.1) is 18.3 Å². The van der Waals surface area contributed by atoms with E-state index in [1.54, 1.807) is 6.07 Å². The number of benzene rings is 2. The van der Waals surface area contributed by atoms with E-state index in [-0.39, 0.29) is 23.0 Å². The lowest BCUT2D eigenvalue weighted by Crippen LogP contribution is -2.26. The summed E-state index contributed by atoms with van der Waals surface area (Å²) in [6, 6.07) is 22.6. The van der Waals surface area contributed by atoms with Gasteiger partial charge in [0.2, 0.25) is 0 Å². The molecule has 0 fully saturated rings. The summed E-state index contributed by atoms with van der Waals surface area (Å²) in [4.78, 5) is 20.9. The van der Waals surface area contributed by atoms with Crippen LogP contribution in [-0.2, 0) is 6.54 Å². The van der Waals surface area contributed by atoms with Crippen LogP contribution in [0.25, 0.3) is 11.3 Å². The summed E-state index contributed by atoms with van der Waals surface area (Å²) in [5.74, 6) is 0.400. The van der Waals surface area contributed by atoms with Crippen molar-refractivity contribution < 1.29 is 0 Å². The molecule has 3 N–H and O–H groups in total. The molecule has 0 radical (unpaired) electrons. The van der Waals surface area contributed by atoms with Gasteiger partial charge >= 0.3 is 0 Å². The maximum atomic E-state index is 12.9. The second kappa shape index (κ2) is 9.10. The summed E-state index contributed by atoms with van der Waals surface area (Å²) in [6.45, 7) is 2.24. The van der Waals surface area contributed by atoms with Crippen LogP contribution in [0, 0.1) is 11.3 Å². The van der Waals surface area contributed by atoms with Crippen molar-refractivity contribution >= 4 is 11.6 Å². The van der Waals surface area contributed by atoms with Crippen LogP contribution >= 0.6 is 0 Å². The van der Waals surface area contributed by atoms with E-state index in [0.29, 0.717) is 23.6 Å². The molecule has 0 aliphatic carbocycles. The van der Waals surface area contributed by atoms with Crippen LogP contribution in [-0.4, -0.2) is 19.7 Å². The third-order valence-electron chi connectivity index (χ3n) is 5.06. The molecule has 158 valence electrons. The van der Waals surface area contributed by atoms with E-state index < -0.39 is 0 Å². The van der Waals surface area contributed by atoms with Crippen LogP contribution in [0.5, 0.6) is 0 Å². The van der Waals surface area contributed by atoms with Gasteiger partial charge in [-0.15, -0.1) is 0 Å². The third-order valence-corrected chi connectivity index (χ3v) is 5.06. The first-order chi connectivity index (χ1) is 15.6. The Morgan fingerprint density at radius 1 is 1.09 bits per heavy atom. The number of nitrogens with two attached hydrogens (primary N) is 1. The summed E-state index contributed by atoms with van der Waals surface area (Å²) < 4.78 is 1.46. The van der Waals surface area contributed by atoms with Crippen molar-refractivity contribution in [3.63, 3.8) is 0 Å². The maximum absolute atomic E-state index is 12.9. The van der Waals surface area contributed by atoms with Crippen molar-refractivity contribution in [3.05, 3.63) is 100 Å². The lowest BCUT2D eigenvalue weighted by Gasteiger charge is -2.20. The van der Waals surface area contributed by atoms with Gasteiger partial charge in [-0.1, -0.05) is 60.7 Å². The van der Waals surface area contributed by atoms with Crippen LogP contribution in [0.1, 0.15) is 29.7 Å². The SMILES string of the molecule is CC(Nc1ncnc(N)c1C#N)c1cc(=O)n(Cc2ccccc2)nc1-c1ccccc1. The van der Waals surface area contributed by atoms with Crippen LogP contribution in [0.3, 0.4) is 0 Å². The molecule has 2 aromatic carbocycles. The second-order valence-electron chi connectivity index (χ2n) is 7.26. The maximum Gasteiger partial charge on any atom is 0.267 e. The molecular formula is C24H21N7O.